The summed E-state index contributed by atoms with van der Waals surface area (Å²) in [5.41, 5.74) is 13.4. The van der Waals surface area contributed by atoms with E-state index in [0.717, 1.165) is 52.3 Å². The second kappa shape index (κ2) is 22.2. The van der Waals surface area contributed by atoms with E-state index in [1.165, 1.54) is 75.3 Å². The van der Waals surface area contributed by atoms with Crippen molar-refractivity contribution in [3.63, 3.8) is 0 Å². The van der Waals surface area contributed by atoms with Crippen LogP contribution in [0.1, 0.15) is 124 Å². The highest BCUT2D eigenvalue weighted by Gasteiger charge is 2.11. The van der Waals surface area contributed by atoms with Crippen molar-refractivity contribution in [3.05, 3.63) is 124 Å². The van der Waals surface area contributed by atoms with Crippen molar-refractivity contribution in [1.29, 1.82) is 0 Å². The molecular weight excluding hydrogens is 599 g/mol. The van der Waals surface area contributed by atoms with Gasteiger partial charge in [0, 0.05) is 16.8 Å². The van der Waals surface area contributed by atoms with Gasteiger partial charge in [-0.1, -0.05) is 181 Å². The average Bonchev–Trinajstić information content (AvgIpc) is 3.13. The van der Waals surface area contributed by atoms with Crippen LogP contribution in [0, 0.1) is 0 Å². The van der Waals surface area contributed by atoms with Crippen LogP contribution in [-0.4, -0.2) is 13.2 Å². The average molecular weight is 656 g/mol. The summed E-state index contributed by atoms with van der Waals surface area (Å²) in [4.78, 5) is 0. The molecular formula is C46H57NO2. The SMILES string of the molecule is CCCCCCCCOc1cc(/C=C/c2ccc(/C=C/c3ccccc3)cc2)c(OCCCCCCCC)cc1/C=C/c1ccc(N)cc1. The first-order valence-electron chi connectivity index (χ1n) is 18.6. The Bertz CT molecular complexity index is 1570. The van der Waals surface area contributed by atoms with Gasteiger partial charge in [0.15, 0.2) is 0 Å². The van der Waals surface area contributed by atoms with Gasteiger partial charge in [-0.3, -0.25) is 0 Å². The molecule has 4 rings (SSSR count). The van der Waals surface area contributed by atoms with E-state index in [4.69, 9.17) is 15.2 Å². The number of nitrogen functional groups attached to an aromatic ring is 1. The van der Waals surface area contributed by atoms with E-state index < -0.39 is 0 Å². The predicted octanol–water partition coefficient (Wildman–Crippen LogP) is 13.3. The Morgan fingerprint density at radius 2 is 0.796 bits per heavy atom. The normalized spacial score (nSPS) is 11.6. The summed E-state index contributed by atoms with van der Waals surface area (Å²) >= 11 is 0. The molecule has 0 spiro atoms. The Labute approximate surface area is 296 Å². The Kier molecular flexibility index (Phi) is 16.9. The lowest BCUT2D eigenvalue weighted by atomic mass is 10.0. The van der Waals surface area contributed by atoms with Crippen LogP contribution in [0.3, 0.4) is 0 Å². The van der Waals surface area contributed by atoms with Crippen LogP contribution in [0.15, 0.2) is 91.0 Å². The van der Waals surface area contributed by atoms with Gasteiger partial charge in [-0.2, -0.15) is 0 Å². The molecule has 3 nitrogen and oxygen atoms in total. The van der Waals surface area contributed by atoms with Crippen LogP contribution >= 0.6 is 0 Å². The molecule has 0 aromatic heterocycles. The number of nitrogens with two attached hydrogens (primary N) is 1. The molecule has 3 heteroatoms. The second-order valence-corrected chi connectivity index (χ2v) is 12.9. The standard InChI is InChI=1S/C46H57NO2/c1-3-5-7-9-11-16-34-48-45-37-43(31-27-41-28-32-44(47)33-29-41)46(49-35-17-12-10-8-6-4-2)36-42(45)30-26-40-24-22-39(23-25-40)21-20-38-18-14-13-15-19-38/h13-15,18-33,36-37H,3-12,16-17,34-35,47H2,1-2H3/b21-20+,30-26+,31-27+. The molecule has 258 valence electrons. The minimum absolute atomic E-state index is 0.702. The summed E-state index contributed by atoms with van der Waals surface area (Å²) < 4.78 is 13.0. The third kappa shape index (κ3) is 14.3. The summed E-state index contributed by atoms with van der Waals surface area (Å²) in [6.07, 6.45) is 27.7. The van der Waals surface area contributed by atoms with Crippen LogP contribution in [0.2, 0.25) is 0 Å². The molecule has 0 bridgehead atoms. The lowest BCUT2D eigenvalue weighted by molar-refractivity contribution is 0.295. The Morgan fingerprint density at radius 1 is 0.429 bits per heavy atom. The molecule has 2 N–H and O–H groups in total. The largest absolute Gasteiger partial charge is 0.493 e. The fourth-order valence-electron chi connectivity index (χ4n) is 5.68. The van der Waals surface area contributed by atoms with Crippen molar-refractivity contribution in [1.82, 2.24) is 0 Å². The van der Waals surface area contributed by atoms with E-state index >= 15 is 0 Å². The lowest BCUT2D eigenvalue weighted by Crippen LogP contribution is -2.03. The molecule has 0 saturated heterocycles. The minimum atomic E-state index is 0.702. The third-order valence-electron chi connectivity index (χ3n) is 8.70. The monoisotopic (exact) mass is 655 g/mol. The molecule has 4 aromatic rings. The summed E-state index contributed by atoms with van der Waals surface area (Å²) in [7, 11) is 0. The summed E-state index contributed by atoms with van der Waals surface area (Å²) in [5.74, 6) is 1.77. The lowest BCUT2D eigenvalue weighted by Gasteiger charge is -2.15. The zero-order chi connectivity index (χ0) is 34.4. The van der Waals surface area contributed by atoms with Crippen molar-refractivity contribution in [2.45, 2.75) is 90.9 Å². The van der Waals surface area contributed by atoms with Crippen LogP contribution in [-0.2, 0) is 0 Å². The van der Waals surface area contributed by atoms with Crippen LogP contribution in [0.5, 0.6) is 11.5 Å². The topological polar surface area (TPSA) is 44.5 Å². The van der Waals surface area contributed by atoms with Gasteiger partial charge in [-0.05, 0) is 59.4 Å². The maximum atomic E-state index is 6.50. The van der Waals surface area contributed by atoms with Gasteiger partial charge in [0.05, 0.1) is 13.2 Å². The third-order valence-corrected chi connectivity index (χ3v) is 8.70. The van der Waals surface area contributed by atoms with Crippen molar-refractivity contribution >= 4 is 42.1 Å². The smallest absolute Gasteiger partial charge is 0.127 e. The van der Waals surface area contributed by atoms with E-state index in [1.54, 1.807) is 0 Å². The summed E-state index contributed by atoms with van der Waals surface area (Å²) in [5, 5.41) is 0. The van der Waals surface area contributed by atoms with Gasteiger partial charge in [-0.15, -0.1) is 0 Å². The van der Waals surface area contributed by atoms with Crippen molar-refractivity contribution in [3.8, 4) is 11.5 Å². The molecule has 0 saturated carbocycles. The molecule has 0 aliphatic heterocycles. The first-order chi connectivity index (χ1) is 24.1. The van der Waals surface area contributed by atoms with E-state index in [1.807, 2.05) is 30.3 Å². The maximum absolute atomic E-state index is 6.50. The molecule has 0 amide bonds. The van der Waals surface area contributed by atoms with Gasteiger partial charge in [0.2, 0.25) is 0 Å². The highest BCUT2D eigenvalue weighted by atomic mass is 16.5. The summed E-state index contributed by atoms with van der Waals surface area (Å²) in [6, 6.07) is 31.3. The van der Waals surface area contributed by atoms with Gasteiger partial charge in [-0.25, -0.2) is 0 Å². The second-order valence-electron chi connectivity index (χ2n) is 12.9. The first-order valence-corrected chi connectivity index (χ1v) is 18.6. The van der Waals surface area contributed by atoms with E-state index in [0.29, 0.717) is 13.2 Å². The highest BCUT2D eigenvalue weighted by molar-refractivity contribution is 5.79. The van der Waals surface area contributed by atoms with Gasteiger partial charge in [0.1, 0.15) is 11.5 Å². The van der Waals surface area contributed by atoms with Crippen molar-refractivity contribution < 1.29 is 9.47 Å². The maximum Gasteiger partial charge on any atom is 0.127 e. The number of rotatable bonds is 22. The van der Waals surface area contributed by atoms with Gasteiger partial charge in [0.25, 0.3) is 0 Å². The number of hydrogen-bond donors (Lipinski definition) is 1. The summed E-state index contributed by atoms with van der Waals surface area (Å²) in [6.45, 7) is 5.92. The van der Waals surface area contributed by atoms with Gasteiger partial charge >= 0.3 is 0 Å². The molecule has 0 fully saturated rings. The van der Waals surface area contributed by atoms with Crippen molar-refractivity contribution in [2.75, 3.05) is 18.9 Å². The van der Waals surface area contributed by atoms with Crippen LogP contribution < -0.4 is 15.2 Å². The first kappa shape index (κ1) is 37.3. The number of anilines is 1. The van der Waals surface area contributed by atoms with E-state index in [-0.39, 0.29) is 0 Å². The van der Waals surface area contributed by atoms with Crippen LogP contribution in [0.25, 0.3) is 36.5 Å². The zero-order valence-electron chi connectivity index (χ0n) is 29.9. The molecule has 0 atom stereocenters. The van der Waals surface area contributed by atoms with Crippen LogP contribution in [0.4, 0.5) is 5.69 Å². The number of unbranched alkanes of at least 4 members (excludes halogenated alkanes) is 10. The fraction of sp³-hybridized carbons (Fsp3) is 0.348. The minimum Gasteiger partial charge on any atom is -0.493 e. The van der Waals surface area contributed by atoms with Crippen molar-refractivity contribution in [2.24, 2.45) is 0 Å². The molecule has 0 aliphatic rings. The molecule has 0 unspecified atom stereocenters. The molecule has 0 heterocycles. The molecule has 0 radical (unpaired) electrons. The Balaban J connectivity index is 1.55. The molecule has 0 aliphatic carbocycles. The number of hydrogen-bond acceptors (Lipinski definition) is 3. The Morgan fingerprint density at radius 3 is 1.24 bits per heavy atom. The fourth-order valence-corrected chi connectivity index (χ4v) is 5.68. The quantitative estimate of drug-likeness (QED) is 0.0520. The van der Waals surface area contributed by atoms with E-state index in [2.05, 4.69) is 111 Å². The highest BCUT2D eigenvalue weighted by Crippen LogP contribution is 2.33. The number of benzene rings is 4. The molecule has 4 aromatic carbocycles. The van der Waals surface area contributed by atoms with Gasteiger partial charge < -0.3 is 15.2 Å². The zero-order valence-corrected chi connectivity index (χ0v) is 29.9. The Hall–Kier alpha value is -4.50. The predicted molar refractivity (Wildman–Crippen MR) is 215 cm³/mol. The molecule has 49 heavy (non-hydrogen) atoms. The van der Waals surface area contributed by atoms with E-state index in [9.17, 15) is 0 Å². The number of ether oxygens (including phenoxy) is 2.